The molecule has 0 aliphatic rings. The lowest BCUT2D eigenvalue weighted by atomic mass is 10.1. The molecule has 4 nitrogen and oxygen atoms in total. The van der Waals surface area contributed by atoms with E-state index in [1.165, 1.54) is 6.39 Å². The summed E-state index contributed by atoms with van der Waals surface area (Å²) < 4.78 is 4.95. The molecule has 1 aromatic rings. The van der Waals surface area contributed by atoms with Crippen LogP contribution in [-0.2, 0) is 0 Å². The Hall–Kier alpha value is -0.900. The van der Waals surface area contributed by atoms with E-state index in [1.54, 1.807) is 0 Å². The molecule has 0 amide bonds. The summed E-state index contributed by atoms with van der Waals surface area (Å²) in [7, 11) is 0. The largest absolute Gasteiger partial charge is 0.426 e. The Morgan fingerprint density at radius 3 is 2.82 bits per heavy atom. The molecule has 0 bridgehead atoms. The highest BCUT2D eigenvalue weighted by molar-refractivity contribution is 4.83. The fourth-order valence-electron chi connectivity index (χ4n) is 0.952. The first-order valence-corrected chi connectivity index (χ1v) is 3.71. The zero-order chi connectivity index (χ0) is 8.27. The molecule has 2 N–H and O–H groups in total. The predicted octanol–water partition coefficient (Wildman–Crippen LogP) is 1.12. The maximum atomic E-state index is 5.74. The van der Waals surface area contributed by atoms with Crippen molar-refractivity contribution in [2.45, 2.75) is 26.3 Å². The van der Waals surface area contributed by atoms with Crippen LogP contribution in [0.4, 0.5) is 0 Å². The summed E-state index contributed by atoms with van der Waals surface area (Å²) in [6, 6.07) is -0.113. The Bertz CT molecular complexity index is 195. The van der Waals surface area contributed by atoms with Gasteiger partial charge >= 0.3 is 0 Å². The van der Waals surface area contributed by atoms with E-state index in [9.17, 15) is 0 Å². The maximum absolute atomic E-state index is 5.74. The first-order chi connectivity index (χ1) is 5.20. The Kier molecular flexibility index (Phi) is 2.59. The van der Waals surface area contributed by atoms with Crippen molar-refractivity contribution in [2.75, 3.05) is 0 Å². The third-order valence-electron chi connectivity index (χ3n) is 1.42. The van der Waals surface area contributed by atoms with E-state index in [0.717, 1.165) is 6.42 Å². The van der Waals surface area contributed by atoms with Gasteiger partial charge in [0.05, 0.1) is 6.04 Å². The Morgan fingerprint density at radius 1 is 1.64 bits per heavy atom. The molecule has 0 aliphatic carbocycles. The molecule has 0 fully saturated rings. The minimum Gasteiger partial charge on any atom is -0.426 e. The van der Waals surface area contributed by atoms with Crippen molar-refractivity contribution < 1.29 is 4.42 Å². The Labute approximate surface area is 65.8 Å². The van der Waals surface area contributed by atoms with Crippen LogP contribution in [0.3, 0.4) is 0 Å². The highest BCUT2D eigenvalue weighted by Crippen LogP contribution is 2.15. The van der Waals surface area contributed by atoms with Crippen molar-refractivity contribution >= 4 is 0 Å². The molecule has 0 saturated carbocycles. The fourth-order valence-corrected chi connectivity index (χ4v) is 0.952. The lowest BCUT2D eigenvalue weighted by Gasteiger charge is -2.08. The average Bonchev–Trinajstić information content (AvgIpc) is 2.35. The molecule has 11 heavy (non-hydrogen) atoms. The van der Waals surface area contributed by atoms with Crippen molar-refractivity contribution in [3.63, 3.8) is 0 Å². The summed E-state index contributed by atoms with van der Waals surface area (Å²) in [5.74, 6) is 1.08. The van der Waals surface area contributed by atoms with Gasteiger partial charge < -0.3 is 10.2 Å². The van der Waals surface area contributed by atoms with Gasteiger partial charge in [0.25, 0.3) is 0 Å². The van der Waals surface area contributed by atoms with E-state index in [1.807, 2.05) is 0 Å². The second kappa shape index (κ2) is 3.48. The van der Waals surface area contributed by atoms with Crippen molar-refractivity contribution in [2.24, 2.45) is 11.7 Å². The van der Waals surface area contributed by atoms with E-state index >= 15 is 0 Å². The van der Waals surface area contributed by atoms with E-state index < -0.39 is 0 Å². The topological polar surface area (TPSA) is 64.9 Å². The van der Waals surface area contributed by atoms with E-state index in [2.05, 4.69) is 24.0 Å². The van der Waals surface area contributed by atoms with Crippen LogP contribution in [0, 0.1) is 5.92 Å². The third kappa shape index (κ3) is 2.31. The van der Waals surface area contributed by atoms with Gasteiger partial charge in [-0.15, -0.1) is 10.2 Å². The van der Waals surface area contributed by atoms with Crippen molar-refractivity contribution in [3.05, 3.63) is 12.3 Å². The molecule has 4 heteroatoms. The number of rotatable bonds is 3. The molecule has 0 saturated heterocycles. The minimum atomic E-state index is -0.113. The van der Waals surface area contributed by atoms with Gasteiger partial charge in [-0.3, -0.25) is 0 Å². The Balaban J connectivity index is 2.49. The second-order valence-electron chi connectivity index (χ2n) is 3.01. The molecule has 0 aromatic carbocycles. The fraction of sp³-hybridized carbons (Fsp3) is 0.714. The maximum Gasteiger partial charge on any atom is 0.232 e. The lowest BCUT2D eigenvalue weighted by Crippen LogP contribution is -2.13. The first-order valence-electron chi connectivity index (χ1n) is 3.71. The van der Waals surface area contributed by atoms with E-state index in [-0.39, 0.29) is 6.04 Å². The molecule has 1 unspecified atom stereocenters. The van der Waals surface area contributed by atoms with Gasteiger partial charge in [-0.05, 0) is 12.3 Å². The molecular formula is C7H13N3O. The van der Waals surface area contributed by atoms with Crippen LogP contribution in [0.2, 0.25) is 0 Å². The summed E-state index contributed by atoms with van der Waals surface area (Å²) in [5, 5.41) is 7.28. The molecule has 1 atom stereocenters. The zero-order valence-corrected chi connectivity index (χ0v) is 6.82. The highest BCUT2D eigenvalue weighted by atomic mass is 16.4. The van der Waals surface area contributed by atoms with Gasteiger partial charge in [0.15, 0.2) is 0 Å². The smallest absolute Gasteiger partial charge is 0.232 e. The molecule has 1 heterocycles. The van der Waals surface area contributed by atoms with E-state index in [4.69, 9.17) is 10.2 Å². The zero-order valence-electron chi connectivity index (χ0n) is 6.82. The molecular weight excluding hydrogens is 142 g/mol. The second-order valence-corrected chi connectivity index (χ2v) is 3.01. The summed E-state index contributed by atoms with van der Waals surface area (Å²) in [6.45, 7) is 4.21. The van der Waals surface area contributed by atoms with Crippen molar-refractivity contribution in [1.82, 2.24) is 10.2 Å². The van der Waals surface area contributed by atoms with Crippen LogP contribution in [-0.4, -0.2) is 10.2 Å². The Morgan fingerprint density at radius 2 is 2.36 bits per heavy atom. The van der Waals surface area contributed by atoms with Gasteiger partial charge in [0.2, 0.25) is 12.3 Å². The van der Waals surface area contributed by atoms with Crippen LogP contribution in [0.15, 0.2) is 10.8 Å². The lowest BCUT2D eigenvalue weighted by molar-refractivity contribution is 0.402. The number of hydrogen-bond donors (Lipinski definition) is 1. The molecule has 0 spiro atoms. The first kappa shape index (κ1) is 8.20. The summed E-state index contributed by atoms with van der Waals surface area (Å²) >= 11 is 0. The molecule has 0 radical (unpaired) electrons. The predicted molar refractivity (Wildman–Crippen MR) is 40.7 cm³/mol. The quantitative estimate of drug-likeness (QED) is 0.710. The number of hydrogen-bond acceptors (Lipinski definition) is 4. The molecule has 62 valence electrons. The van der Waals surface area contributed by atoms with Crippen LogP contribution in [0.25, 0.3) is 0 Å². The van der Waals surface area contributed by atoms with Gasteiger partial charge in [-0.2, -0.15) is 0 Å². The van der Waals surface area contributed by atoms with Crippen LogP contribution < -0.4 is 5.73 Å². The SMILES string of the molecule is CC(C)CC(N)c1nnco1. The van der Waals surface area contributed by atoms with Gasteiger partial charge in [0, 0.05) is 0 Å². The molecule has 1 rings (SSSR count). The van der Waals surface area contributed by atoms with Gasteiger partial charge in [-0.25, -0.2) is 0 Å². The summed E-state index contributed by atoms with van der Waals surface area (Å²) in [4.78, 5) is 0. The number of nitrogens with zero attached hydrogens (tertiary/aromatic N) is 2. The third-order valence-corrected chi connectivity index (χ3v) is 1.42. The van der Waals surface area contributed by atoms with Gasteiger partial charge in [0.1, 0.15) is 0 Å². The standard InChI is InChI=1S/C7H13N3O/c1-5(2)3-6(8)7-10-9-4-11-7/h4-6H,3,8H2,1-2H3. The van der Waals surface area contributed by atoms with Crippen molar-refractivity contribution in [1.29, 1.82) is 0 Å². The monoisotopic (exact) mass is 155 g/mol. The minimum absolute atomic E-state index is 0.113. The number of nitrogens with two attached hydrogens (primary N) is 1. The van der Waals surface area contributed by atoms with Crippen molar-refractivity contribution in [3.8, 4) is 0 Å². The average molecular weight is 155 g/mol. The molecule has 1 aromatic heterocycles. The van der Waals surface area contributed by atoms with Crippen LogP contribution in [0.5, 0.6) is 0 Å². The van der Waals surface area contributed by atoms with Crippen LogP contribution >= 0.6 is 0 Å². The summed E-state index contributed by atoms with van der Waals surface area (Å²) in [6.07, 6.45) is 2.18. The normalized spacial score (nSPS) is 13.8. The van der Waals surface area contributed by atoms with Gasteiger partial charge in [-0.1, -0.05) is 13.8 Å². The number of aromatic nitrogens is 2. The summed E-state index contributed by atoms with van der Waals surface area (Å²) in [5.41, 5.74) is 5.74. The molecule has 0 aliphatic heterocycles. The van der Waals surface area contributed by atoms with E-state index in [0.29, 0.717) is 11.8 Å². The highest BCUT2D eigenvalue weighted by Gasteiger charge is 2.12. The van der Waals surface area contributed by atoms with Crippen LogP contribution in [0.1, 0.15) is 32.2 Å².